The van der Waals surface area contributed by atoms with Gasteiger partial charge in [-0.25, -0.2) is 9.59 Å². The Balaban J connectivity index is 3.43. The summed E-state index contributed by atoms with van der Waals surface area (Å²) in [6.07, 6.45) is 0. The number of hydrogen-bond acceptors (Lipinski definition) is 5. The third kappa shape index (κ3) is 3.59. The van der Waals surface area contributed by atoms with E-state index in [-0.39, 0.29) is 18.8 Å². The smallest absolute Gasteiger partial charge is 0.348 e. The average molecular weight is 293 g/mol. The number of rotatable bonds is 6. The van der Waals surface area contributed by atoms with E-state index in [2.05, 4.69) is 5.32 Å². The molecular weight excluding hydrogens is 274 g/mol. The highest BCUT2D eigenvalue weighted by atomic mass is 16.6. The van der Waals surface area contributed by atoms with Crippen LogP contribution in [-0.2, 0) is 29.4 Å². The highest BCUT2D eigenvalue weighted by molar-refractivity contribution is 6.08. The van der Waals surface area contributed by atoms with Gasteiger partial charge in [0.05, 0.1) is 13.2 Å². The van der Waals surface area contributed by atoms with Crippen molar-refractivity contribution in [1.82, 2.24) is 5.32 Å². The Morgan fingerprint density at radius 3 is 1.86 bits per heavy atom. The van der Waals surface area contributed by atoms with Crippen molar-refractivity contribution in [2.24, 2.45) is 0 Å². The summed E-state index contributed by atoms with van der Waals surface area (Å²) in [6, 6.07) is 8.17. The van der Waals surface area contributed by atoms with Crippen molar-refractivity contribution in [1.29, 1.82) is 0 Å². The third-order valence-corrected chi connectivity index (χ3v) is 2.73. The molecule has 0 fully saturated rings. The lowest BCUT2D eigenvalue weighted by atomic mass is 9.89. The van der Waals surface area contributed by atoms with Crippen LogP contribution in [0.2, 0.25) is 0 Å². The Labute approximate surface area is 123 Å². The second-order valence-electron chi connectivity index (χ2n) is 4.24. The zero-order valence-electron chi connectivity index (χ0n) is 12.3. The van der Waals surface area contributed by atoms with Crippen molar-refractivity contribution in [3.05, 3.63) is 35.9 Å². The highest BCUT2D eigenvalue weighted by Crippen LogP contribution is 2.25. The van der Waals surface area contributed by atoms with Crippen LogP contribution >= 0.6 is 0 Å². The normalized spacial score (nSPS) is 10.6. The summed E-state index contributed by atoms with van der Waals surface area (Å²) >= 11 is 0. The molecule has 0 aromatic heterocycles. The Morgan fingerprint density at radius 2 is 1.48 bits per heavy atom. The standard InChI is InChI=1S/C15H19NO5/c1-4-20-13(18)15(16-11(3)17,14(19)21-5-2)12-9-7-6-8-10-12/h6-10H,4-5H2,1-3H3,(H,16,17). The number of carbonyl (C=O) groups is 3. The van der Waals surface area contributed by atoms with Crippen molar-refractivity contribution < 1.29 is 23.9 Å². The average Bonchev–Trinajstić information content (AvgIpc) is 2.45. The molecule has 21 heavy (non-hydrogen) atoms. The molecule has 1 amide bonds. The monoisotopic (exact) mass is 293 g/mol. The highest BCUT2D eigenvalue weighted by Gasteiger charge is 2.51. The van der Waals surface area contributed by atoms with E-state index >= 15 is 0 Å². The van der Waals surface area contributed by atoms with Gasteiger partial charge in [-0.15, -0.1) is 0 Å². The first-order chi connectivity index (χ1) is 9.98. The Bertz CT molecular complexity index is 494. The molecule has 0 spiro atoms. The predicted molar refractivity (Wildman–Crippen MR) is 75.2 cm³/mol. The van der Waals surface area contributed by atoms with Gasteiger partial charge in [0.15, 0.2) is 0 Å². The van der Waals surface area contributed by atoms with Gasteiger partial charge in [0.2, 0.25) is 5.91 Å². The lowest BCUT2D eigenvalue weighted by Crippen LogP contribution is -2.58. The van der Waals surface area contributed by atoms with Gasteiger partial charge in [0, 0.05) is 12.5 Å². The first kappa shape index (κ1) is 16.7. The summed E-state index contributed by atoms with van der Waals surface area (Å²) in [6.45, 7) is 4.61. The molecular formula is C15H19NO5. The molecule has 0 unspecified atom stereocenters. The Kier molecular flexibility index (Phi) is 5.90. The minimum atomic E-state index is -1.99. The molecule has 0 aliphatic carbocycles. The van der Waals surface area contributed by atoms with Crippen molar-refractivity contribution in [2.75, 3.05) is 13.2 Å². The van der Waals surface area contributed by atoms with Gasteiger partial charge in [0.1, 0.15) is 0 Å². The maximum Gasteiger partial charge on any atom is 0.348 e. The van der Waals surface area contributed by atoms with E-state index in [0.29, 0.717) is 0 Å². The maximum atomic E-state index is 12.4. The van der Waals surface area contributed by atoms with Crippen molar-refractivity contribution >= 4 is 17.8 Å². The summed E-state index contributed by atoms with van der Waals surface area (Å²) in [5, 5.41) is 2.39. The van der Waals surface area contributed by atoms with E-state index in [1.807, 2.05) is 0 Å². The van der Waals surface area contributed by atoms with Crippen LogP contribution in [0.25, 0.3) is 0 Å². The fraction of sp³-hybridized carbons (Fsp3) is 0.400. The molecule has 0 saturated carbocycles. The largest absolute Gasteiger partial charge is 0.464 e. The van der Waals surface area contributed by atoms with Gasteiger partial charge in [-0.05, 0) is 13.8 Å². The van der Waals surface area contributed by atoms with Gasteiger partial charge in [-0.3, -0.25) is 4.79 Å². The topological polar surface area (TPSA) is 81.7 Å². The van der Waals surface area contributed by atoms with Crippen molar-refractivity contribution in [2.45, 2.75) is 26.3 Å². The second kappa shape index (κ2) is 7.42. The van der Waals surface area contributed by atoms with Crippen LogP contribution in [0.1, 0.15) is 26.3 Å². The van der Waals surface area contributed by atoms with E-state index in [0.717, 1.165) is 0 Å². The van der Waals surface area contributed by atoms with Crippen molar-refractivity contribution in [3.63, 3.8) is 0 Å². The molecule has 0 aliphatic rings. The van der Waals surface area contributed by atoms with Gasteiger partial charge < -0.3 is 14.8 Å². The molecule has 0 atom stereocenters. The number of carbonyl (C=O) groups excluding carboxylic acids is 3. The van der Waals surface area contributed by atoms with Crippen LogP contribution < -0.4 is 5.32 Å². The van der Waals surface area contributed by atoms with Crippen LogP contribution in [0.15, 0.2) is 30.3 Å². The number of nitrogens with one attached hydrogen (secondary N) is 1. The van der Waals surface area contributed by atoms with E-state index in [4.69, 9.17) is 9.47 Å². The summed E-state index contributed by atoms with van der Waals surface area (Å²) in [5.41, 5.74) is -1.70. The zero-order chi connectivity index (χ0) is 15.9. The number of hydrogen-bond donors (Lipinski definition) is 1. The fourth-order valence-electron chi connectivity index (χ4n) is 1.92. The first-order valence-electron chi connectivity index (χ1n) is 6.67. The molecule has 1 aromatic carbocycles. The minimum absolute atomic E-state index is 0.0758. The molecule has 1 N–H and O–H groups in total. The zero-order valence-corrected chi connectivity index (χ0v) is 12.3. The van der Waals surface area contributed by atoms with Gasteiger partial charge in [-0.2, -0.15) is 0 Å². The van der Waals surface area contributed by atoms with Gasteiger partial charge in [-0.1, -0.05) is 30.3 Å². The molecule has 0 aliphatic heterocycles. The Morgan fingerprint density at radius 1 is 1.00 bits per heavy atom. The molecule has 114 valence electrons. The summed E-state index contributed by atoms with van der Waals surface area (Å²) in [7, 11) is 0. The second-order valence-corrected chi connectivity index (χ2v) is 4.24. The molecule has 6 heteroatoms. The molecule has 0 heterocycles. The van der Waals surface area contributed by atoms with Gasteiger partial charge >= 0.3 is 11.9 Å². The van der Waals surface area contributed by atoms with Crippen LogP contribution in [0, 0.1) is 0 Å². The fourth-order valence-corrected chi connectivity index (χ4v) is 1.92. The van der Waals surface area contributed by atoms with E-state index in [1.54, 1.807) is 44.2 Å². The maximum absolute atomic E-state index is 12.4. The van der Waals surface area contributed by atoms with Gasteiger partial charge in [0.25, 0.3) is 5.54 Å². The number of benzene rings is 1. The molecule has 6 nitrogen and oxygen atoms in total. The summed E-state index contributed by atoms with van der Waals surface area (Å²) < 4.78 is 9.95. The molecule has 0 saturated heterocycles. The SMILES string of the molecule is CCOC(=O)C(NC(C)=O)(C(=O)OCC)c1ccccc1. The minimum Gasteiger partial charge on any atom is -0.464 e. The van der Waals surface area contributed by atoms with E-state index < -0.39 is 23.4 Å². The van der Waals surface area contributed by atoms with Crippen molar-refractivity contribution in [3.8, 4) is 0 Å². The lowest BCUT2D eigenvalue weighted by Gasteiger charge is -2.29. The summed E-state index contributed by atoms with van der Waals surface area (Å²) in [5.74, 6) is -2.28. The number of esters is 2. The lowest BCUT2D eigenvalue weighted by molar-refractivity contribution is -0.168. The summed E-state index contributed by atoms with van der Waals surface area (Å²) in [4.78, 5) is 36.3. The number of amides is 1. The van der Waals surface area contributed by atoms with Crippen LogP contribution in [0.3, 0.4) is 0 Å². The molecule has 0 bridgehead atoms. The van der Waals surface area contributed by atoms with Crippen LogP contribution in [0.4, 0.5) is 0 Å². The third-order valence-electron chi connectivity index (χ3n) is 2.73. The Hall–Kier alpha value is -2.37. The van der Waals surface area contributed by atoms with Crippen LogP contribution in [-0.4, -0.2) is 31.1 Å². The molecule has 1 aromatic rings. The van der Waals surface area contributed by atoms with E-state index in [9.17, 15) is 14.4 Å². The molecule has 1 rings (SSSR count). The quantitative estimate of drug-likeness (QED) is 0.628. The van der Waals surface area contributed by atoms with Crippen LogP contribution in [0.5, 0.6) is 0 Å². The first-order valence-corrected chi connectivity index (χ1v) is 6.67. The van der Waals surface area contributed by atoms with E-state index in [1.165, 1.54) is 6.92 Å². The molecule has 0 radical (unpaired) electrons. The number of ether oxygens (including phenoxy) is 2. The predicted octanol–water partition coefficient (Wildman–Crippen LogP) is 1.14.